The van der Waals surface area contributed by atoms with E-state index in [0.717, 1.165) is 6.04 Å². The summed E-state index contributed by atoms with van der Waals surface area (Å²) >= 11 is 0. The normalized spacial score (nSPS) is 23.3. The molecule has 0 bridgehead atoms. The van der Waals surface area contributed by atoms with Gasteiger partial charge in [0.05, 0.1) is 24.9 Å². The molecule has 0 radical (unpaired) electrons. The van der Waals surface area contributed by atoms with Crippen LogP contribution < -0.4 is 5.32 Å². The maximum Gasteiger partial charge on any atom is 0.333 e. The van der Waals surface area contributed by atoms with Crippen LogP contribution in [-0.4, -0.2) is 44.8 Å². The highest BCUT2D eigenvalue weighted by molar-refractivity contribution is 6.76. The molecule has 1 aliphatic carbocycles. The van der Waals surface area contributed by atoms with Crippen LogP contribution in [0.1, 0.15) is 33.6 Å². The molecule has 26 heavy (non-hydrogen) atoms. The van der Waals surface area contributed by atoms with Crippen LogP contribution in [0.5, 0.6) is 0 Å². The van der Waals surface area contributed by atoms with Gasteiger partial charge in [-0.05, 0) is 44.7 Å². The van der Waals surface area contributed by atoms with Crippen LogP contribution in [0.3, 0.4) is 0 Å². The summed E-state index contributed by atoms with van der Waals surface area (Å²) in [6.45, 7) is 16.4. The zero-order valence-electron chi connectivity index (χ0n) is 17.1. The Bertz CT molecular complexity index is 536. The van der Waals surface area contributed by atoms with Gasteiger partial charge in [0.1, 0.15) is 0 Å². The number of nitrogens with one attached hydrogen (secondary N) is 1. The molecule has 0 aromatic rings. The van der Waals surface area contributed by atoms with Crippen LogP contribution in [0.4, 0.5) is 0 Å². The molecular formula is C20H35NO4Si. The number of rotatable bonds is 9. The lowest BCUT2D eigenvalue weighted by atomic mass is 9.80. The molecule has 0 saturated heterocycles. The van der Waals surface area contributed by atoms with E-state index >= 15 is 0 Å². The number of carbonyl (C=O) groups excluding carboxylic acids is 2. The van der Waals surface area contributed by atoms with Gasteiger partial charge in [0.25, 0.3) is 0 Å². The predicted molar refractivity (Wildman–Crippen MR) is 108 cm³/mol. The molecule has 3 atom stereocenters. The first-order chi connectivity index (χ1) is 12.0. The van der Waals surface area contributed by atoms with Crippen LogP contribution in [0, 0.1) is 5.92 Å². The van der Waals surface area contributed by atoms with Gasteiger partial charge in [0.2, 0.25) is 5.91 Å². The Kier molecular flexibility index (Phi) is 8.76. The number of amides is 1. The second kappa shape index (κ2) is 10.1. The van der Waals surface area contributed by atoms with Gasteiger partial charge in [-0.1, -0.05) is 25.7 Å². The molecule has 0 heterocycles. The number of hydrogen-bond donors (Lipinski definition) is 1. The van der Waals surface area contributed by atoms with Gasteiger partial charge in [0, 0.05) is 20.6 Å². The highest BCUT2D eigenvalue weighted by Gasteiger charge is 2.36. The van der Waals surface area contributed by atoms with Crippen LogP contribution >= 0.6 is 0 Å². The zero-order valence-corrected chi connectivity index (χ0v) is 18.1. The summed E-state index contributed by atoms with van der Waals surface area (Å²) in [4.78, 5) is 24.2. The van der Waals surface area contributed by atoms with Crippen molar-refractivity contribution in [3.63, 3.8) is 0 Å². The van der Waals surface area contributed by atoms with Gasteiger partial charge < -0.3 is 14.8 Å². The molecule has 1 rings (SSSR count). The lowest BCUT2D eigenvalue weighted by molar-refractivity contribution is -0.139. The number of ether oxygens (including phenoxy) is 2. The Hall–Kier alpha value is -1.40. The van der Waals surface area contributed by atoms with Crippen molar-refractivity contribution in [2.24, 2.45) is 5.92 Å². The molecule has 0 aromatic heterocycles. The SMILES string of the molecule is C=CC[C@H]1CC(C(=O)OCC[Si](C)(C)C)=C[C@@H](OC(C)C)[C@@H]1NC(C)=O. The standard InChI is InChI=1S/C20H35NO4Si/c1-8-9-16-12-17(20(23)24-10-11-26(5,6)7)13-18(25-14(2)3)19(16)21-15(4)22/h8,13-14,16,18-19H,1,9-12H2,2-7H3,(H,21,22)/t16-,18+,19+/m0/s1. The van der Waals surface area contributed by atoms with Gasteiger partial charge in [0.15, 0.2) is 0 Å². The maximum absolute atomic E-state index is 12.6. The van der Waals surface area contributed by atoms with E-state index in [1.54, 1.807) is 0 Å². The Balaban J connectivity index is 2.95. The Labute approximate surface area is 159 Å². The number of carbonyl (C=O) groups is 2. The summed E-state index contributed by atoms with van der Waals surface area (Å²) in [6.07, 6.45) is 4.54. The Morgan fingerprint density at radius 3 is 2.54 bits per heavy atom. The van der Waals surface area contributed by atoms with E-state index in [0.29, 0.717) is 25.0 Å². The third kappa shape index (κ3) is 7.87. The second-order valence-electron chi connectivity index (χ2n) is 8.50. The van der Waals surface area contributed by atoms with Crippen molar-refractivity contribution in [1.82, 2.24) is 5.32 Å². The fourth-order valence-electron chi connectivity index (χ4n) is 3.06. The van der Waals surface area contributed by atoms with E-state index in [1.807, 2.05) is 26.0 Å². The minimum Gasteiger partial charge on any atom is -0.463 e. The zero-order chi connectivity index (χ0) is 19.9. The number of hydrogen-bond acceptors (Lipinski definition) is 4. The van der Waals surface area contributed by atoms with Crippen molar-refractivity contribution in [2.75, 3.05) is 6.61 Å². The Morgan fingerprint density at radius 1 is 1.38 bits per heavy atom. The van der Waals surface area contributed by atoms with Crippen LogP contribution in [0.15, 0.2) is 24.3 Å². The number of esters is 1. The molecule has 1 aliphatic rings. The van der Waals surface area contributed by atoms with Crippen molar-refractivity contribution in [3.05, 3.63) is 24.3 Å². The Morgan fingerprint density at radius 2 is 2.04 bits per heavy atom. The van der Waals surface area contributed by atoms with E-state index in [2.05, 4.69) is 31.5 Å². The van der Waals surface area contributed by atoms with E-state index in [9.17, 15) is 9.59 Å². The summed E-state index contributed by atoms with van der Waals surface area (Å²) < 4.78 is 11.5. The van der Waals surface area contributed by atoms with E-state index < -0.39 is 8.07 Å². The van der Waals surface area contributed by atoms with Gasteiger partial charge in [-0.25, -0.2) is 4.79 Å². The van der Waals surface area contributed by atoms with Gasteiger partial charge in [-0.15, -0.1) is 6.58 Å². The van der Waals surface area contributed by atoms with Crippen LogP contribution in [0.2, 0.25) is 25.7 Å². The summed E-state index contributed by atoms with van der Waals surface area (Å²) in [5.74, 6) is -0.309. The van der Waals surface area contributed by atoms with Gasteiger partial charge in [-0.2, -0.15) is 0 Å². The van der Waals surface area contributed by atoms with Gasteiger partial charge >= 0.3 is 5.97 Å². The van der Waals surface area contributed by atoms with E-state index in [4.69, 9.17) is 9.47 Å². The van der Waals surface area contributed by atoms with Crippen LogP contribution in [0.25, 0.3) is 0 Å². The average Bonchev–Trinajstić information content (AvgIpc) is 2.48. The predicted octanol–water partition coefficient (Wildman–Crippen LogP) is 3.69. The molecule has 0 unspecified atom stereocenters. The quantitative estimate of drug-likeness (QED) is 0.376. The molecule has 0 aliphatic heterocycles. The molecule has 0 saturated carbocycles. The summed E-state index contributed by atoms with van der Waals surface area (Å²) in [5.41, 5.74) is 0.639. The molecule has 0 spiro atoms. The molecule has 0 aromatic carbocycles. The molecular weight excluding hydrogens is 346 g/mol. The van der Waals surface area contributed by atoms with Crippen molar-refractivity contribution in [2.45, 2.75) is 77.5 Å². The van der Waals surface area contributed by atoms with Crippen LogP contribution in [-0.2, 0) is 19.1 Å². The molecule has 148 valence electrons. The van der Waals surface area contributed by atoms with Crippen molar-refractivity contribution < 1.29 is 19.1 Å². The maximum atomic E-state index is 12.6. The smallest absolute Gasteiger partial charge is 0.333 e. The third-order valence-electron chi connectivity index (χ3n) is 4.33. The molecule has 6 heteroatoms. The van der Waals surface area contributed by atoms with Crippen molar-refractivity contribution in [1.29, 1.82) is 0 Å². The summed E-state index contributed by atoms with van der Waals surface area (Å²) in [6, 6.07) is 0.772. The third-order valence-corrected chi connectivity index (χ3v) is 6.03. The van der Waals surface area contributed by atoms with E-state index in [-0.39, 0.29) is 36.0 Å². The average molecular weight is 382 g/mol. The lowest BCUT2D eigenvalue weighted by Gasteiger charge is -2.37. The lowest BCUT2D eigenvalue weighted by Crippen LogP contribution is -2.51. The van der Waals surface area contributed by atoms with Crippen molar-refractivity contribution in [3.8, 4) is 0 Å². The molecule has 1 amide bonds. The summed E-state index contributed by atoms with van der Waals surface area (Å²) in [7, 11) is -1.25. The van der Waals surface area contributed by atoms with Gasteiger partial charge in [-0.3, -0.25) is 4.79 Å². The highest BCUT2D eigenvalue weighted by atomic mass is 28.3. The number of allylic oxidation sites excluding steroid dienone is 1. The second-order valence-corrected chi connectivity index (χ2v) is 14.1. The first-order valence-electron chi connectivity index (χ1n) is 9.44. The first-order valence-corrected chi connectivity index (χ1v) is 13.2. The molecule has 0 fully saturated rings. The highest BCUT2D eigenvalue weighted by Crippen LogP contribution is 2.31. The molecule has 1 N–H and O–H groups in total. The fraction of sp³-hybridized carbons (Fsp3) is 0.700. The van der Waals surface area contributed by atoms with Crippen molar-refractivity contribution >= 4 is 20.0 Å². The first kappa shape index (κ1) is 22.6. The molecule has 5 nitrogen and oxygen atoms in total. The fourth-order valence-corrected chi connectivity index (χ4v) is 3.77. The largest absolute Gasteiger partial charge is 0.463 e. The minimum atomic E-state index is -1.25. The monoisotopic (exact) mass is 381 g/mol. The minimum absolute atomic E-state index is 0.0147. The van der Waals surface area contributed by atoms with E-state index in [1.165, 1.54) is 6.92 Å². The summed E-state index contributed by atoms with van der Waals surface area (Å²) in [5, 5.41) is 2.99. The topological polar surface area (TPSA) is 64.6 Å².